The number of ether oxygens (including phenoxy) is 4. The molecule has 5 aromatic rings. The van der Waals surface area contributed by atoms with Crippen LogP contribution in [0.25, 0.3) is 21.5 Å². The van der Waals surface area contributed by atoms with E-state index in [0.717, 1.165) is 114 Å². The maximum atomic E-state index is 15.7. The van der Waals surface area contributed by atoms with Gasteiger partial charge in [-0.25, -0.2) is 0 Å². The molecule has 1 saturated carbocycles. The van der Waals surface area contributed by atoms with Crippen molar-refractivity contribution in [3.63, 3.8) is 0 Å². The number of fused-ring (bicyclic) bond motifs is 4. The highest BCUT2D eigenvalue weighted by molar-refractivity contribution is 6.03. The van der Waals surface area contributed by atoms with Gasteiger partial charge in [0.2, 0.25) is 18.0 Å². The molecule has 2 aliphatic heterocycles. The normalized spacial score (nSPS) is 23.5. The Labute approximate surface area is 446 Å². The maximum Gasteiger partial charge on any atom is 0.239 e. The van der Waals surface area contributed by atoms with Crippen molar-refractivity contribution in [2.45, 2.75) is 166 Å². The van der Waals surface area contributed by atoms with E-state index in [9.17, 15) is 10.2 Å². The lowest BCUT2D eigenvalue weighted by atomic mass is 9.55. The zero-order chi connectivity index (χ0) is 51.8. The highest BCUT2D eigenvalue weighted by atomic mass is 16.8. The Balaban J connectivity index is 1.19. The predicted octanol–water partition coefficient (Wildman–Crippen LogP) is 14.9. The molecule has 5 aromatic carbocycles. The summed E-state index contributed by atoms with van der Waals surface area (Å²) in [5, 5.41) is 29.9. The number of carbonyl (C=O) groups excluding carboxylic acids is 1. The Kier molecular flexibility index (Phi) is 19.5. The molecule has 10 heteroatoms. The first-order valence-corrected chi connectivity index (χ1v) is 28.7. The molecule has 7 atom stereocenters. The first kappa shape index (κ1) is 54.3. The number of hydrogen-bond acceptors (Lipinski definition) is 9. The molecule has 0 radical (unpaired) electrons. The van der Waals surface area contributed by atoms with Crippen molar-refractivity contribution in [2.24, 2.45) is 22.9 Å². The van der Waals surface area contributed by atoms with Crippen molar-refractivity contribution >= 4 is 33.2 Å². The van der Waals surface area contributed by atoms with Crippen molar-refractivity contribution in [3.05, 3.63) is 139 Å². The number of allylic oxidation sites excluding steroid dienone is 1. The third kappa shape index (κ3) is 13.0. The van der Waals surface area contributed by atoms with E-state index in [-0.39, 0.29) is 43.5 Å². The van der Waals surface area contributed by atoms with E-state index in [1.165, 1.54) is 38.5 Å². The lowest BCUT2D eigenvalue weighted by Gasteiger charge is -2.60. The van der Waals surface area contributed by atoms with Gasteiger partial charge in [0.25, 0.3) is 0 Å². The van der Waals surface area contributed by atoms with Crippen LogP contribution in [-0.2, 0) is 25.7 Å². The van der Waals surface area contributed by atoms with Crippen LogP contribution >= 0.6 is 0 Å². The summed E-state index contributed by atoms with van der Waals surface area (Å²) in [6.07, 6.45) is 22.3. The molecule has 0 bridgehead atoms. The number of carbonyl (C=O) groups is 1. The van der Waals surface area contributed by atoms with Crippen molar-refractivity contribution in [3.8, 4) is 17.2 Å². The summed E-state index contributed by atoms with van der Waals surface area (Å²) in [6.45, 7) is 7.82. The number of nitrogens with zero attached hydrogens (tertiary/aromatic N) is 2. The molecule has 1 amide bonds. The summed E-state index contributed by atoms with van der Waals surface area (Å²) in [6, 6.07) is 34.8. The zero-order valence-electron chi connectivity index (χ0n) is 44.6. The van der Waals surface area contributed by atoms with Crippen molar-refractivity contribution in [1.29, 1.82) is 0 Å². The molecule has 2 fully saturated rings. The second kappa shape index (κ2) is 27.0. The summed E-state index contributed by atoms with van der Waals surface area (Å²) in [4.78, 5) is 24.2. The van der Waals surface area contributed by atoms with E-state index < -0.39 is 24.0 Å². The summed E-state index contributed by atoms with van der Waals surface area (Å²) < 4.78 is 28.0. The fourth-order valence-electron chi connectivity index (χ4n) is 12.7. The van der Waals surface area contributed by atoms with Gasteiger partial charge in [0, 0.05) is 50.5 Å². The van der Waals surface area contributed by atoms with Crippen LogP contribution < -0.4 is 9.47 Å². The number of oxime groups is 1. The van der Waals surface area contributed by atoms with Crippen molar-refractivity contribution < 1.29 is 38.8 Å². The Bertz CT molecular complexity index is 2710. The minimum Gasteiger partial charge on any atom is -0.459 e. The molecular formula is C65H82N2O8. The van der Waals surface area contributed by atoms with Crippen molar-refractivity contribution in [2.75, 3.05) is 26.4 Å². The summed E-state index contributed by atoms with van der Waals surface area (Å²) >= 11 is 0. The van der Waals surface area contributed by atoms with Gasteiger partial charge in [-0.2, -0.15) is 0 Å². The molecule has 75 heavy (non-hydrogen) atoms. The minimum atomic E-state index is -1.39. The number of rotatable bonds is 28. The molecule has 10 nitrogen and oxygen atoms in total. The SMILES string of the molecule is C=CCOC12Oc3ccc(Oc4ccc5ccccc5c4)cc3C3C(CCCCO)C(CCCCO)C=C(C(=NOC4CCCCO4)CC1N(Cc1cccc4ccccc14)C(=O)CCCCCCCCCCC)C32. The van der Waals surface area contributed by atoms with E-state index in [2.05, 4.69) is 97.3 Å². The van der Waals surface area contributed by atoms with Crippen LogP contribution in [0.1, 0.15) is 152 Å². The van der Waals surface area contributed by atoms with Crippen LogP contribution in [-0.4, -0.2) is 71.3 Å². The van der Waals surface area contributed by atoms with Gasteiger partial charge in [-0.15, -0.1) is 6.58 Å². The lowest BCUT2D eigenvalue weighted by molar-refractivity contribution is -0.258. The van der Waals surface area contributed by atoms with Gasteiger partial charge in [0.15, 0.2) is 0 Å². The molecule has 2 N–H and O–H groups in total. The summed E-state index contributed by atoms with van der Waals surface area (Å²) in [5.74, 6) is 0.326. The number of unbranched alkanes of at least 4 members (excludes halogenated alkanes) is 10. The van der Waals surface area contributed by atoms with Gasteiger partial charge in [-0.05, 0) is 120 Å². The Morgan fingerprint density at radius 1 is 0.787 bits per heavy atom. The molecule has 4 aliphatic rings. The molecule has 1 saturated heterocycles. The zero-order valence-corrected chi connectivity index (χ0v) is 44.6. The highest BCUT2D eigenvalue weighted by Crippen LogP contribution is 2.62. The second-order valence-corrected chi connectivity index (χ2v) is 21.5. The van der Waals surface area contributed by atoms with E-state index in [4.69, 9.17) is 28.9 Å². The standard InChI is InChI=1S/C65H82N2O8/c1-3-5-6-7-8-9-10-11-12-32-61(70)67(46-51-29-23-28-48-25-15-16-30-54(48)51)60-45-58(66-75-62-33-19-22-41-71-62)56-43-50(27-17-20-38-68)55(31-18-21-39-69)63-57-44-53(73-52-35-34-47-24-13-14-26-49(47)42-52)36-37-59(57)74-65(60,64(56)63)72-40-4-2/h4,13-16,23-26,28-30,34-37,42-44,50,55,60,62-64,68-69H,2-3,5-12,17-22,27,31-33,38-41,45-46H2,1H3. The molecule has 9 rings (SSSR count). The van der Waals surface area contributed by atoms with Gasteiger partial charge in [0.1, 0.15) is 23.3 Å². The van der Waals surface area contributed by atoms with Gasteiger partial charge < -0.3 is 38.9 Å². The molecular weight excluding hydrogens is 937 g/mol. The smallest absolute Gasteiger partial charge is 0.239 e. The van der Waals surface area contributed by atoms with Crippen LogP contribution in [0.15, 0.2) is 133 Å². The monoisotopic (exact) mass is 1020 g/mol. The molecule has 0 aromatic heterocycles. The Morgan fingerprint density at radius 3 is 2.28 bits per heavy atom. The van der Waals surface area contributed by atoms with Crippen LogP contribution in [0.3, 0.4) is 0 Å². The average molecular weight is 1020 g/mol. The Hall–Kier alpha value is -5.52. The molecule has 2 heterocycles. The second-order valence-electron chi connectivity index (χ2n) is 21.5. The van der Waals surface area contributed by atoms with Crippen LogP contribution in [0.2, 0.25) is 0 Å². The molecule has 7 unspecified atom stereocenters. The summed E-state index contributed by atoms with van der Waals surface area (Å²) in [7, 11) is 0. The number of benzene rings is 5. The average Bonchev–Trinajstić information content (AvgIpc) is 3.50. The lowest BCUT2D eigenvalue weighted by Crippen LogP contribution is -2.70. The van der Waals surface area contributed by atoms with E-state index >= 15 is 4.79 Å². The van der Waals surface area contributed by atoms with Gasteiger partial charge >= 0.3 is 0 Å². The number of aliphatic hydroxyl groups excluding tert-OH is 2. The topological polar surface area (TPSA) is 119 Å². The third-order valence-corrected chi connectivity index (χ3v) is 16.4. The third-order valence-electron chi connectivity index (χ3n) is 16.4. The predicted molar refractivity (Wildman–Crippen MR) is 300 cm³/mol. The number of hydrogen-bond donors (Lipinski definition) is 2. The minimum absolute atomic E-state index is 0.0584. The van der Waals surface area contributed by atoms with Gasteiger partial charge in [0.05, 0.1) is 24.8 Å². The summed E-state index contributed by atoms with van der Waals surface area (Å²) in [5.41, 5.74) is 3.85. The Morgan fingerprint density at radius 2 is 1.51 bits per heavy atom. The van der Waals surface area contributed by atoms with E-state index in [0.29, 0.717) is 50.3 Å². The number of amides is 1. The van der Waals surface area contributed by atoms with E-state index in [1.54, 1.807) is 6.08 Å². The fraction of sp³-hybridized carbons (Fsp3) is 0.508. The van der Waals surface area contributed by atoms with Crippen LogP contribution in [0, 0.1) is 17.8 Å². The molecule has 2 aliphatic carbocycles. The first-order valence-electron chi connectivity index (χ1n) is 28.7. The number of aliphatic hydroxyl groups is 2. The molecule has 0 spiro atoms. The maximum absolute atomic E-state index is 15.7. The largest absolute Gasteiger partial charge is 0.459 e. The van der Waals surface area contributed by atoms with Gasteiger partial charge in [-0.3, -0.25) is 4.79 Å². The molecule has 400 valence electrons. The van der Waals surface area contributed by atoms with Gasteiger partial charge in [-0.1, -0.05) is 161 Å². The van der Waals surface area contributed by atoms with Crippen molar-refractivity contribution in [1.82, 2.24) is 4.90 Å². The first-order chi connectivity index (χ1) is 36.9. The van der Waals surface area contributed by atoms with Crippen LogP contribution in [0.4, 0.5) is 0 Å². The fourth-order valence-corrected chi connectivity index (χ4v) is 12.7. The quantitative estimate of drug-likeness (QED) is 0.0289. The van der Waals surface area contributed by atoms with E-state index in [1.807, 2.05) is 30.3 Å². The van der Waals surface area contributed by atoms with Crippen LogP contribution in [0.5, 0.6) is 17.2 Å². The highest BCUT2D eigenvalue weighted by Gasteiger charge is 2.65.